The molecule has 0 aliphatic heterocycles. The quantitative estimate of drug-likeness (QED) is 0.767. The fourth-order valence-corrected chi connectivity index (χ4v) is 2.21. The summed E-state index contributed by atoms with van der Waals surface area (Å²) in [4.78, 5) is 27.4. The molecule has 1 aromatic rings. The summed E-state index contributed by atoms with van der Waals surface area (Å²) < 4.78 is 0. The Hall–Kier alpha value is -1.63. The number of carbonyl (C=O) groups excluding carboxylic acids is 1. The lowest BCUT2D eigenvalue weighted by Gasteiger charge is -2.27. The van der Waals surface area contributed by atoms with E-state index in [1.54, 1.807) is 27.7 Å². The molecule has 0 aliphatic rings. The van der Waals surface area contributed by atoms with E-state index in [0.717, 1.165) is 11.3 Å². The van der Waals surface area contributed by atoms with E-state index >= 15 is 0 Å². The van der Waals surface area contributed by atoms with Crippen molar-refractivity contribution in [3.8, 4) is 0 Å². The van der Waals surface area contributed by atoms with Crippen LogP contribution in [0.3, 0.4) is 0 Å². The number of nitrogens with one attached hydrogen (secondary N) is 1. The zero-order chi connectivity index (χ0) is 14.1. The number of aryl methyl sites for hydroxylation is 1. The Labute approximate surface area is 109 Å². The van der Waals surface area contributed by atoms with E-state index in [1.807, 2.05) is 0 Å². The molecule has 1 aromatic heterocycles. The number of thiazole rings is 1. The molecule has 0 spiro atoms. The van der Waals surface area contributed by atoms with Gasteiger partial charge in [0.25, 0.3) is 5.91 Å². The molecule has 0 unspecified atom stereocenters. The summed E-state index contributed by atoms with van der Waals surface area (Å²) in [6.07, 6.45) is 0. The summed E-state index contributed by atoms with van der Waals surface area (Å²) in [5.74, 6) is -1.52. The number of carboxylic acids is 1. The molecule has 1 rings (SSSR count). The third-order valence-electron chi connectivity index (χ3n) is 2.41. The molecule has 18 heavy (non-hydrogen) atoms. The highest BCUT2D eigenvalue weighted by molar-refractivity contribution is 7.17. The Kier molecular flexibility index (Phi) is 3.95. The maximum atomic E-state index is 12.0. The van der Waals surface area contributed by atoms with Crippen LogP contribution in [0.1, 0.15) is 36.1 Å². The van der Waals surface area contributed by atoms with Crippen LogP contribution in [0, 0.1) is 12.3 Å². The standard InChI is InChI=1S/C11H17N3O3S/c1-5-6(18-10(12)13-5)8(15)14-7(9(16)17)11(2,3)4/h7H,1-4H3,(H2,12,13)(H,14,15)(H,16,17)/t7-/m0/s1. The number of carbonyl (C=O) groups is 2. The second kappa shape index (κ2) is 4.93. The van der Waals surface area contributed by atoms with Crippen molar-refractivity contribution in [3.63, 3.8) is 0 Å². The lowest BCUT2D eigenvalue weighted by molar-refractivity contribution is -0.142. The first kappa shape index (κ1) is 14.4. The van der Waals surface area contributed by atoms with Crippen molar-refractivity contribution >= 4 is 28.3 Å². The molecule has 1 atom stereocenters. The van der Waals surface area contributed by atoms with Crippen molar-refractivity contribution in [1.82, 2.24) is 10.3 Å². The predicted molar refractivity (Wildman–Crippen MR) is 69.6 cm³/mol. The average Bonchev–Trinajstić information content (AvgIpc) is 2.51. The molecule has 100 valence electrons. The number of hydrogen-bond acceptors (Lipinski definition) is 5. The molecule has 4 N–H and O–H groups in total. The molecule has 0 bridgehead atoms. The van der Waals surface area contributed by atoms with Gasteiger partial charge in [-0.05, 0) is 12.3 Å². The molecule has 0 saturated heterocycles. The largest absolute Gasteiger partial charge is 0.480 e. The highest BCUT2D eigenvalue weighted by Gasteiger charge is 2.33. The van der Waals surface area contributed by atoms with Crippen LogP contribution in [-0.4, -0.2) is 28.0 Å². The van der Waals surface area contributed by atoms with Gasteiger partial charge in [-0.2, -0.15) is 0 Å². The molecule has 0 aliphatic carbocycles. The highest BCUT2D eigenvalue weighted by Crippen LogP contribution is 2.23. The summed E-state index contributed by atoms with van der Waals surface area (Å²) in [6, 6.07) is -0.965. The first-order valence-electron chi connectivity index (χ1n) is 5.39. The van der Waals surface area contributed by atoms with Gasteiger partial charge in [0.05, 0.1) is 5.69 Å². The SMILES string of the molecule is Cc1nc(N)sc1C(=O)N[C@@H](C(=O)O)C(C)(C)C. The first-order valence-corrected chi connectivity index (χ1v) is 6.21. The van der Waals surface area contributed by atoms with Gasteiger partial charge in [0, 0.05) is 0 Å². The van der Waals surface area contributed by atoms with Gasteiger partial charge in [-0.15, -0.1) is 0 Å². The zero-order valence-electron chi connectivity index (χ0n) is 10.8. The van der Waals surface area contributed by atoms with Crippen LogP contribution < -0.4 is 11.1 Å². The summed E-state index contributed by atoms with van der Waals surface area (Å²) in [6.45, 7) is 6.91. The molecule has 0 saturated carbocycles. The second-order valence-corrected chi connectivity index (χ2v) is 6.11. The van der Waals surface area contributed by atoms with Crippen LogP contribution in [0.25, 0.3) is 0 Å². The van der Waals surface area contributed by atoms with Crippen LogP contribution >= 0.6 is 11.3 Å². The van der Waals surface area contributed by atoms with Gasteiger partial charge >= 0.3 is 5.97 Å². The van der Waals surface area contributed by atoms with Crippen molar-refractivity contribution in [2.75, 3.05) is 5.73 Å². The summed E-state index contributed by atoms with van der Waals surface area (Å²) in [7, 11) is 0. The lowest BCUT2D eigenvalue weighted by Crippen LogP contribution is -2.49. The lowest BCUT2D eigenvalue weighted by atomic mass is 9.87. The number of anilines is 1. The van der Waals surface area contributed by atoms with Crippen LogP contribution in [0.2, 0.25) is 0 Å². The molecular weight excluding hydrogens is 254 g/mol. The topological polar surface area (TPSA) is 105 Å². The van der Waals surface area contributed by atoms with Crippen LogP contribution in [0.15, 0.2) is 0 Å². The number of hydrogen-bond donors (Lipinski definition) is 3. The Morgan fingerprint density at radius 1 is 1.44 bits per heavy atom. The van der Waals surface area contributed by atoms with Crippen LogP contribution in [0.5, 0.6) is 0 Å². The van der Waals surface area contributed by atoms with Crippen LogP contribution in [-0.2, 0) is 4.79 Å². The molecule has 0 aromatic carbocycles. The number of rotatable bonds is 3. The number of carboxylic acid groups (broad SMARTS) is 1. The van der Waals surface area contributed by atoms with Gasteiger partial charge in [0.1, 0.15) is 10.9 Å². The van der Waals surface area contributed by atoms with Crippen molar-refractivity contribution in [2.24, 2.45) is 5.41 Å². The highest BCUT2D eigenvalue weighted by atomic mass is 32.1. The van der Waals surface area contributed by atoms with E-state index in [9.17, 15) is 9.59 Å². The number of aromatic nitrogens is 1. The molecule has 7 heteroatoms. The number of nitrogen functional groups attached to an aromatic ring is 1. The van der Waals surface area contributed by atoms with Crippen molar-refractivity contribution in [2.45, 2.75) is 33.7 Å². The second-order valence-electron chi connectivity index (χ2n) is 5.08. The monoisotopic (exact) mass is 271 g/mol. The van der Waals surface area contributed by atoms with Gasteiger partial charge in [0.15, 0.2) is 5.13 Å². The Morgan fingerprint density at radius 2 is 2.00 bits per heavy atom. The Balaban J connectivity index is 2.93. The first-order chi connectivity index (χ1) is 8.12. The van der Waals surface area contributed by atoms with Gasteiger partial charge in [-0.25, -0.2) is 9.78 Å². The zero-order valence-corrected chi connectivity index (χ0v) is 11.6. The van der Waals surface area contributed by atoms with Crippen molar-refractivity contribution in [1.29, 1.82) is 0 Å². The van der Waals surface area contributed by atoms with Gasteiger partial charge in [0.2, 0.25) is 0 Å². The van der Waals surface area contributed by atoms with Gasteiger partial charge in [-0.1, -0.05) is 32.1 Å². The van der Waals surface area contributed by atoms with E-state index in [0.29, 0.717) is 15.7 Å². The molecular formula is C11H17N3O3S. The minimum atomic E-state index is -1.06. The van der Waals surface area contributed by atoms with E-state index < -0.39 is 23.3 Å². The summed E-state index contributed by atoms with van der Waals surface area (Å²) in [5, 5.41) is 11.9. The third kappa shape index (κ3) is 3.19. The molecule has 0 fully saturated rings. The maximum absolute atomic E-state index is 12.0. The average molecular weight is 271 g/mol. The summed E-state index contributed by atoms with van der Waals surface area (Å²) >= 11 is 1.05. The summed E-state index contributed by atoms with van der Waals surface area (Å²) in [5.41, 5.74) is 5.43. The molecule has 1 amide bonds. The Bertz CT molecular complexity index is 476. The predicted octanol–water partition coefficient (Wildman–Crippen LogP) is 1.26. The van der Waals surface area contributed by atoms with Crippen LogP contribution in [0.4, 0.5) is 5.13 Å². The van der Waals surface area contributed by atoms with E-state index in [2.05, 4.69) is 10.3 Å². The minimum absolute atomic E-state index is 0.292. The fraction of sp³-hybridized carbons (Fsp3) is 0.545. The van der Waals surface area contributed by atoms with Gasteiger partial charge < -0.3 is 16.2 Å². The fourth-order valence-electron chi connectivity index (χ4n) is 1.47. The molecule has 6 nitrogen and oxygen atoms in total. The number of nitrogens with two attached hydrogens (primary N) is 1. The normalized spacial score (nSPS) is 13.1. The van der Waals surface area contributed by atoms with E-state index in [4.69, 9.17) is 10.8 Å². The minimum Gasteiger partial charge on any atom is -0.480 e. The number of nitrogens with zero attached hydrogens (tertiary/aromatic N) is 1. The van der Waals surface area contributed by atoms with Crippen molar-refractivity contribution in [3.05, 3.63) is 10.6 Å². The third-order valence-corrected chi connectivity index (χ3v) is 3.39. The number of aliphatic carboxylic acids is 1. The molecule has 0 radical (unpaired) electrons. The van der Waals surface area contributed by atoms with E-state index in [1.165, 1.54) is 0 Å². The van der Waals surface area contributed by atoms with E-state index in [-0.39, 0.29) is 0 Å². The number of amides is 1. The van der Waals surface area contributed by atoms with Crippen molar-refractivity contribution < 1.29 is 14.7 Å². The van der Waals surface area contributed by atoms with Gasteiger partial charge in [-0.3, -0.25) is 4.79 Å². The Morgan fingerprint density at radius 3 is 2.33 bits per heavy atom. The smallest absolute Gasteiger partial charge is 0.326 e. The molecule has 1 heterocycles. The maximum Gasteiger partial charge on any atom is 0.326 e.